The quantitative estimate of drug-likeness (QED) is 0.882. The van der Waals surface area contributed by atoms with Crippen LogP contribution in [-0.2, 0) is 4.79 Å². The van der Waals surface area contributed by atoms with Crippen LogP contribution in [0.3, 0.4) is 0 Å². The fourth-order valence-corrected chi connectivity index (χ4v) is 2.46. The van der Waals surface area contributed by atoms with Gasteiger partial charge in [0.1, 0.15) is 6.04 Å². The van der Waals surface area contributed by atoms with E-state index in [9.17, 15) is 4.79 Å². The van der Waals surface area contributed by atoms with Crippen molar-refractivity contribution in [2.24, 2.45) is 0 Å². The first-order chi connectivity index (χ1) is 8.70. The van der Waals surface area contributed by atoms with E-state index in [1.54, 1.807) is 12.1 Å². The van der Waals surface area contributed by atoms with E-state index < -0.39 is 0 Å². The molecule has 0 spiro atoms. The fraction of sp³-hybridized carbons (Fsp3) is 0.385. The third-order valence-corrected chi connectivity index (χ3v) is 3.62. The Morgan fingerprint density at radius 1 is 1.44 bits per heavy atom. The van der Waals surface area contributed by atoms with Crippen LogP contribution in [0.15, 0.2) is 22.7 Å². The first-order valence-electron chi connectivity index (χ1n) is 5.94. The maximum atomic E-state index is 11.8. The smallest absolute Gasteiger partial charge is 0.242 e. The summed E-state index contributed by atoms with van der Waals surface area (Å²) in [6.07, 6.45) is 2.89. The minimum Gasteiger partial charge on any atom is -0.373 e. The van der Waals surface area contributed by atoms with Gasteiger partial charge in [-0.2, -0.15) is 5.26 Å². The number of hydrogen-bond acceptors (Lipinski definition) is 3. The lowest BCUT2D eigenvalue weighted by molar-refractivity contribution is -0.121. The fourth-order valence-electron chi connectivity index (χ4n) is 1.97. The topological polar surface area (TPSA) is 64.9 Å². The Morgan fingerprint density at radius 2 is 2.28 bits per heavy atom. The third kappa shape index (κ3) is 3.02. The standard InChI is InChI=1S/C13H14BrN3O/c14-10-7-9(8-15)4-5-11(10)17-12-3-1-2-6-16-13(12)18/h4-5,7,12,17H,1-3,6H2,(H,16,18). The van der Waals surface area contributed by atoms with E-state index in [1.807, 2.05) is 6.07 Å². The molecular formula is C13H14BrN3O. The summed E-state index contributed by atoms with van der Waals surface area (Å²) in [4.78, 5) is 11.8. The van der Waals surface area contributed by atoms with E-state index >= 15 is 0 Å². The zero-order valence-corrected chi connectivity index (χ0v) is 11.5. The SMILES string of the molecule is N#Cc1ccc(NC2CCCCNC2=O)c(Br)c1. The van der Waals surface area contributed by atoms with Crippen molar-refractivity contribution in [3.8, 4) is 6.07 Å². The summed E-state index contributed by atoms with van der Waals surface area (Å²) >= 11 is 3.41. The number of rotatable bonds is 2. The number of carbonyl (C=O) groups is 1. The van der Waals surface area contributed by atoms with Crippen LogP contribution in [0, 0.1) is 11.3 Å². The van der Waals surface area contributed by atoms with Crippen molar-refractivity contribution in [3.63, 3.8) is 0 Å². The Morgan fingerprint density at radius 3 is 3.00 bits per heavy atom. The molecular weight excluding hydrogens is 294 g/mol. The molecule has 2 rings (SSSR count). The van der Waals surface area contributed by atoms with Gasteiger partial charge in [0.05, 0.1) is 11.6 Å². The van der Waals surface area contributed by atoms with Gasteiger partial charge in [-0.3, -0.25) is 4.79 Å². The van der Waals surface area contributed by atoms with Crippen molar-refractivity contribution in [2.75, 3.05) is 11.9 Å². The van der Waals surface area contributed by atoms with Gasteiger partial charge in [0.2, 0.25) is 5.91 Å². The van der Waals surface area contributed by atoms with Crippen LogP contribution in [0.25, 0.3) is 0 Å². The van der Waals surface area contributed by atoms with Gasteiger partial charge in [-0.25, -0.2) is 0 Å². The number of benzene rings is 1. The number of halogens is 1. The molecule has 1 aromatic rings. The average molecular weight is 308 g/mol. The summed E-state index contributed by atoms with van der Waals surface area (Å²) in [6.45, 7) is 0.756. The van der Waals surface area contributed by atoms with E-state index in [4.69, 9.17) is 5.26 Å². The van der Waals surface area contributed by atoms with Crippen LogP contribution in [0.4, 0.5) is 5.69 Å². The molecule has 0 aromatic heterocycles. The second kappa shape index (κ2) is 5.87. The van der Waals surface area contributed by atoms with Gasteiger partial charge in [0, 0.05) is 16.7 Å². The van der Waals surface area contributed by atoms with Gasteiger partial charge >= 0.3 is 0 Å². The molecule has 1 amide bonds. The van der Waals surface area contributed by atoms with E-state index in [0.29, 0.717) is 5.56 Å². The molecule has 1 atom stereocenters. The maximum absolute atomic E-state index is 11.8. The molecule has 1 aromatic carbocycles. The van der Waals surface area contributed by atoms with Gasteiger partial charge in [-0.1, -0.05) is 0 Å². The van der Waals surface area contributed by atoms with E-state index in [-0.39, 0.29) is 11.9 Å². The number of hydrogen-bond donors (Lipinski definition) is 2. The Hall–Kier alpha value is -1.54. The third-order valence-electron chi connectivity index (χ3n) is 2.96. The van der Waals surface area contributed by atoms with Gasteiger partial charge in [0.15, 0.2) is 0 Å². The van der Waals surface area contributed by atoms with E-state index in [0.717, 1.165) is 36.0 Å². The van der Waals surface area contributed by atoms with Crippen LogP contribution in [-0.4, -0.2) is 18.5 Å². The monoisotopic (exact) mass is 307 g/mol. The van der Waals surface area contributed by atoms with Crippen LogP contribution < -0.4 is 10.6 Å². The minimum atomic E-state index is -0.197. The van der Waals surface area contributed by atoms with Crippen LogP contribution in [0.1, 0.15) is 24.8 Å². The zero-order chi connectivity index (χ0) is 13.0. The molecule has 1 unspecified atom stereocenters. The lowest BCUT2D eigenvalue weighted by Crippen LogP contribution is -2.37. The zero-order valence-electron chi connectivity index (χ0n) is 9.87. The first-order valence-corrected chi connectivity index (χ1v) is 6.74. The second-order valence-corrected chi connectivity index (χ2v) is 5.14. The highest BCUT2D eigenvalue weighted by Crippen LogP contribution is 2.25. The summed E-state index contributed by atoms with van der Waals surface area (Å²) in [5, 5.41) is 14.9. The number of nitrogens with one attached hydrogen (secondary N) is 2. The molecule has 0 bridgehead atoms. The number of anilines is 1. The predicted molar refractivity (Wildman–Crippen MR) is 73.1 cm³/mol. The van der Waals surface area contributed by atoms with Crippen molar-refractivity contribution in [3.05, 3.63) is 28.2 Å². The number of nitrogens with zero attached hydrogens (tertiary/aromatic N) is 1. The molecule has 1 fully saturated rings. The van der Waals surface area contributed by atoms with Gasteiger partial charge in [-0.05, 0) is 53.4 Å². The predicted octanol–water partition coefficient (Wildman–Crippen LogP) is 2.40. The summed E-state index contributed by atoms with van der Waals surface area (Å²) in [6, 6.07) is 7.19. The van der Waals surface area contributed by atoms with Crippen LogP contribution >= 0.6 is 15.9 Å². The summed E-state index contributed by atoms with van der Waals surface area (Å²) in [5.74, 6) is 0.0451. The lowest BCUT2D eigenvalue weighted by atomic mass is 10.1. The molecule has 0 radical (unpaired) electrons. The van der Waals surface area contributed by atoms with E-state index in [2.05, 4.69) is 32.6 Å². The number of amides is 1. The largest absolute Gasteiger partial charge is 0.373 e. The molecule has 1 aliphatic heterocycles. The summed E-state index contributed by atoms with van der Waals surface area (Å²) < 4.78 is 0.804. The van der Waals surface area contributed by atoms with Crippen molar-refractivity contribution in [1.29, 1.82) is 5.26 Å². The molecule has 4 nitrogen and oxygen atoms in total. The Balaban J connectivity index is 2.13. The molecule has 94 valence electrons. The highest BCUT2D eigenvalue weighted by Gasteiger charge is 2.20. The second-order valence-electron chi connectivity index (χ2n) is 4.29. The van der Waals surface area contributed by atoms with Crippen LogP contribution in [0.5, 0.6) is 0 Å². The Labute approximate surface area is 115 Å². The van der Waals surface area contributed by atoms with Crippen molar-refractivity contribution < 1.29 is 4.79 Å². The molecule has 0 saturated carbocycles. The highest BCUT2D eigenvalue weighted by atomic mass is 79.9. The van der Waals surface area contributed by atoms with E-state index in [1.165, 1.54) is 0 Å². The molecule has 5 heteroatoms. The molecule has 1 heterocycles. The maximum Gasteiger partial charge on any atom is 0.242 e. The van der Waals surface area contributed by atoms with Crippen molar-refractivity contribution in [1.82, 2.24) is 5.32 Å². The summed E-state index contributed by atoms with van der Waals surface area (Å²) in [7, 11) is 0. The molecule has 18 heavy (non-hydrogen) atoms. The van der Waals surface area contributed by atoms with Gasteiger partial charge < -0.3 is 10.6 Å². The highest BCUT2D eigenvalue weighted by molar-refractivity contribution is 9.10. The van der Waals surface area contributed by atoms with Gasteiger partial charge in [0.25, 0.3) is 0 Å². The molecule has 1 saturated heterocycles. The van der Waals surface area contributed by atoms with Crippen molar-refractivity contribution in [2.45, 2.75) is 25.3 Å². The van der Waals surface area contributed by atoms with Gasteiger partial charge in [-0.15, -0.1) is 0 Å². The number of nitriles is 1. The normalized spacial score (nSPS) is 19.6. The lowest BCUT2D eigenvalue weighted by Gasteiger charge is -2.17. The molecule has 0 aliphatic carbocycles. The van der Waals surface area contributed by atoms with Crippen LogP contribution in [0.2, 0.25) is 0 Å². The molecule has 2 N–H and O–H groups in total. The average Bonchev–Trinajstić information content (AvgIpc) is 2.57. The Bertz CT molecular complexity index is 495. The minimum absolute atomic E-state index is 0.0451. The first kappa shape index (κ1) is 12.9. The number of carbonyl (C=O) groups excluding carboxylic acids is 1. The summed E-state index contributed by atoms with van der Waals surface area (Å²) in [5.41, 5.74) is 1.44. The van der Waals surface area contributed by atoms with Crippen molar-refractivity contribution >= 4 is 27.5 Å². The molecule has 1 aliphatic rings. The Kier molecular flexibility index (Phi) is 4.21.